The van der Waals surface area contributed by atoms with E-state index in [-0.39, 0.29) is 12.1 Å². The predicted octanol–water partition coefficient (Wildman–Crippen LogP) is 3.91. The van der Waals surface area contributed by atoms with Crippen LogP contribution in [0.15, 0.2) is 46.9 Å². The van der Waals surface area contributed by atoms with Crippen molar-refractivity contribution in [1.82, 2.24) is 0 Å². The maximum atomic E-state index is 11.5. The summed E-state index contributed by atoms with van der Waals surface area (Å²) >= 11 is 3.55. The third kappa shape index (κ3) is 2.31. The quantitative estimate of drug-likeness (QED) is 0.782. The fourth-order valence-corrected chi connectivity index (χ4v) is 2.94. The number of ether oxygens (including phenoxy) is 2. The maximum Gasteiger partial charge on any atom is 0.337 e. The number of rotatable bonds is 2. The third-order valence-electron chi connectivity index (χ3n) is 3.41. The minimum Gasteiger partial charge on any atom is -0.485 e. The van der Waals surface area contributed by atoms with E-state index < -0.39 is 0 Å². The molecule has 2 aromatic carbocycles. The largest absolute Gasteiger partial charge is 0.485 e. The molecular weight excluding hydrogens is 320 g/mol. The number of hydrogen-bond acceptors (Lipinski definition) is 3. The fraction of sp³-hybridized carbons (Fsp3) is 0.188. The number of benzene rings is 2. The number of esters is 1. The van der Waals surface area contributed by atoms with Crippen LogP contribution < -0.4 is 4.74 Å². The molecule has 0 fully saturated rings. The van der Waals surface area contributed by atoms with Crippen molar-refractivity contribution in [2.45, 2.75) is 12.5 Å². The molecule has 1 aliphatic rings. The van der Waals surface area contributed by atoms with E-state index in [2.05, 4.69) is 15.9 Å². The van der Waals surface area contributed by atoms with Crippen molar-refractivity contribution in [3.05, 3.63) is 63.6 Å². The Morgan fingerprint density at radius 3 is 2.85 bits per heavy atom. The van der Waals surface area contributed by atoms with Gasteiger partial charge in [0.15, 0.2) is 0 Å². The highest BCUT2D eigenvalue weighted by molar-refractivity contribution is 9.10. The third-order valence-corrected chi connectivity index (χ3v) is 4.13. The molecule has 0 radical (unpaired) electrons. The van der Waals surface area contributed by atoms with Crippen molar-refractivity contribution in [1.29, 1.82) is 0 Å². The van der Waals surface area contributed by atoms with Gasteiger partial charge in [-0.2, -0.15) is 0 Å². The molecule has 1 aliphatic heterocycles. The number of methoxy groups -OCH3 is 1. The van der Waals surface area contributed by atoms with E-state index in [4.69, 9.17) is 9.47 Å². The second-order valence-corrected chi connectivity index (χ2v) is 5.50. The summed E-state index contributed by atoms with van der Waals surface area (Å²) in [5.41, 5.74) is 2.71. The average molecular weight is 333 g/mol. The van der Waals surface area contributed by atoms with Gasteiger partial charge in [-0.05, 0) is 29.8 Å². The lowest BCUT2D eigenvalue weighted by molar-refractivity contribution is 0.0600. The normalized spacial score (nSPS) is 16.4. The molecule has 20 heavy (non-hydrogen) atoms. The number of carbonyl (C=O) groups is 1. The van der Waals surface area contributed by atoms with Crippen LogP contribution in [0.25, 0.3) is 0 Å². The van der Waals surface area contributed by atoms with Crippen molar-refractivity contribution < 1.29 is 14.3 Å². The van der Waals surface area contributed by atoms with Crippen LogP contribution in [0.3, 0.4) is 0 Å². The number of hydrogen-bond donors (Lipinski definition) is 0. The zero-order valence-electron chi connectivity index (χ0n) is 10.9. The summed E-state index contributed by atoms with van der Waals surface area (Å²) in [4.78, 5) is 11.5. The molecule has 0 amide bonds. The number of carbonyl (C=O) groups excluding carboxylic acids is 1. The van der Waals surface area contributed by atoms with Gasteiger partial charge in [0.05, 0.1) is 12.7 Å². The van der Waals surface area contributed by atoms with Crippen LogP contribution in [-0.4, -0.2) is 13.1 Å². The molecule has 1 heterocycles. The molecule has 0 bridgehead atoms. The van der Waals surface area contributed by atoms with Crippen LogP contribution in [0.2, 0.25) is 0 Å². The van der Waals surface area contributed by atoms with Crippen molar-refractivity contribution >= 4 is 21.9 Å². The van der Waals surface area contributed by atoms with Crippen molar-refractivity contribution in [3.8, 4) is 5.75 Å². The summed E-state index contributed by atoms with van der Waals surface area (Å²) in [5.74, 6) is 0.510. The maximum absolute atomic E-state index is 11.5. The zero-order chi connectivity index (χ0) is 14.1. The highest BCUT2D eigenvalue weighted by Gasteiger charge is 2.26. The summed E-state index contributed by atoms with van der Waals surface area (Å²) < 4.78 is 11.7. The van der Waals surface area contributed by atoms with Crippen molar-refractivity contribution in [2.75, 3.05) is 7.11 Å². The van der Waals surface area contributed by atoms with Gasteiger partial charge in [-0.15, -0.1) is 0 Å². The Kier molecular flexibility index (Phi) is 3.49. The van der Waals surface area contributed by atoms with Gasteiger partial charge in [-0.25, -0.2) is 4.79 Å². The van der Waals surface area contributed by atoms with E-state index in [0.29, 0.717) is 5.56 Å². The Morgan fingerprint density at radius 2 is 2.10 bits per heavy atom. The van der Waals surface area contributed by atoms with E-state index in [9.17, 15) is 4.79 Å². The monoisotopic (exact) mass is 332 g/mol. The van der Waals surface area contributed by atoms with Gasteiger partial charge in [-0.3, -0.25) is 0 Å². The summed E-state index contributed by atoms with van der Waals surface area (Å²) in [7, 11) is 1.38. The minimum atomic E-state index is -0.322. The summed E-state index contributed by atoms with van der Waals surface area (Å²) in [5, 5.41) is 0. The van der Waals surface area contributed by atoms with Crippen molar-refractivity contribution in [2.24, 2.45) is 0 Å². The van der Waals surface area contributed by atoms with Crippen LogP contribution in [-0.2, 0) is 11.2 Å². The van der Waals surface area contributed by atoms with Crippen LogP contribution in [0.5, 0.6) is 5.75 Å². The first-order chi connectivity index (χ1) is 9.69. The van der Waals surface area contributed by atoms with Crippen LogP contribution in [0.4, 0.5) is 0 Å². The molecular formula is C16H13BrO3. The van der Waals surface area contributed by atoms with Gasteiger partial charge in [-0.1, -0.05) is 34.1 Å². The molecule has 0 aliphatic carbocycles. The first kappa shape index (κ1) is 13.2. The predicted molar refractivity (Wildman–Crippen MR) is 79.0 cm³/mol. The van der Waals surface area contributed by atoms with E-state index in [1.807, 2.05) is 36.4 Å². The molecule has 102 valence electrons. The molecule has 0 saturated carbocycles. The molecule has 3 rings (SSSR count). The molecule has 0 aromatic heterocycles. The van der Waals surface area contributed by atoms with Crippen molar-refractivity contribution in [3.63, 3.8) is 0 Å². The fourth-order valence-electron chi connectivity index (χ4n) is 2.40. The smallest absolute Gasteiger partial charge is 0.337 e. The zero-order valence-corrected chi connectivity index (χ0v) is 12.5. The van der Waals surface area contributed by atoms with Gasteiger partial charge < -0.3 is 9.47 Å². The standard InChI is InChI=1S/C16H13BrO3/c1-19-16(18)10-6-7-14-11(8-10)9-15(20-14)12-4-2-3-5-13(12)17/h2-8,15H,9H2,1H3. The minimum absolute atomic E-state index is 0.0199. The molecule has 2 aromatic rings. The molecule has 0 spiro atoms. The highest BCUT2D eigenvalue weighted by Crippen LogP contribution is 2.39. The molecule has 3 nitrogen and oxygen atoms in total. The highest BCUT2D eigenvalue weighted by atomic mass is 79.9. The van der Waals surface area contributed by atoms with E-state index in [0.717, 1.165) is 27.8 Å². The van der Waals surface area contributed by atoms with E-state index in [1.165, 1.54) is 7.11 Å². The van der Waals surface area contributed by atoms with Gasteiger partial charge in [0.25, 0.3) is 0 Å². The van der Waals surface area contributed by atoms with Crippen LogP contribution in [0.1, 0.15) is 27.6 Å². The Bertz CT molecular complexity index is 667. The second-order valence-electron chi connectivity index (χ2n) is 4.65. The molecule has 0 N–H and O–H groups in total. The molecule has 1 unspecified atom stereocenters. The van der Waals surface area contributed by atoms with E-state index in [1.54, 1.807) is 6.07 Å². The Morgan fingerprint density at radius 1 is 1.30 bits per heavy atom. The second kappa shape index (κ2) is 5.29. The first-order valence-electron chi connectivity index (χ1n) is 6.31. The molecule has 0 saturated heterocycles. The van der Waals surface area contributed by atoms with Gasteiger partial charge in [0.2, 0.25) is 0 Å². The molecule has 1 atom stereocenters. The van der Waals surface area contributed by atoms with Gasteiger partial charge in [0.1, 0.15) is 11.9 Å². The summed E-state index contributed by atoms with van der Waals surface area (Å²) in [6, 6.07) is 13.4. The first-order valence-corrected chi connectivity index (χ1v) is 7.10. The van der Waals surface area contributed by atoms with E-state index >= 15 is 0 Å². The topological polar surface area (TPSA) is 35.5 Å². The Hall–Kier alpha value is -1.81. The summed E-state index contributed by atoms with van der Waals surface area (Å²) in [6.07, 6.45) is 0.733. The number of fused-ring (bicyclic) bond motifs is 1. The Labute approximate surface area is 125 Å². The Balaban J connectivity index is 1.89. The average Bonchev–Trinajstić information content (AvgIpc) is 2.89. The van der Waals surface area contributed by atoms with Crippen LogP contribution in [0, 0.1) is 0 Å². The summed E-state index contributed by atoms with van der Waals surface area (Å²) in [6.45, 7) is 0. The van der Waals surface area contributed by atoms with Gasteiger partial charge >= 0.3 is 5.97 Å². The lowest BCUT2D eigenvalue weighted by Crippen LogP contribution is -2.03. The van der Waals surface area contributed by atoms with Crippen LogP contribution >= 0.6 is 15.9 Å². The SMILES string of the molecule is COC(=O)c1ccc2c(c1)CC(c1ccccc1Br)O2. The van der Waals surface area contributed by atoms with Gasteiger partial charge in [0, 0.05) is 16.5 Å². The number of halogens is 1. The lowest BCUT2D eigenvalue weighted by atomic mass is 10.0. The lowest BCUT2D eigenvalue weighted by Gasteiger charge is -2.12. The molecule has 4 heteroatoms.